The molecule has 0 unspecified atom stereocenters. The number of benzene rings is 8. The molecule has 12 rings (SSSR count). The Morgan fingerprint density at radius 1 is 0.309 bits per heavy atom. The summed E-state index contributed by atoms with van der Waals surface area (Å²) in [5.41, 5.74) is 14.6. The lowest BCUT2D eigenvalue weighted by molar-refractivity contribution is 0.606. The lowest BCUT2D eigenvalue weighted by Gasteiger charge is -2.20. The Labute approximate surface area is 317 Å². The Balaban J connectivity index is 1.03. The highest BCUT2D eigenvalue weighted by molar-refractivity contribution is 6.54. The topological polar surface area (TPSA) is 34.6 Å². The molecule has 8 aromatic carbocycles. The standard InChI is InChI=1S/C51H32N4/c1-7-19-43-37(13-1)38-14-2-8-20-44(38)51(43)52-49(33-25-29-35(30-26-33)54-45-21-9-3-15-39(45)40-16-4-10-22-46(40)54)50(53-51)34-27-31-36(32-28-34)55-47-23-11-5-17-41(47)42-18-6-12-24-48(42)55/h1-32H. The maximum Gasteiger partial charge on any atom is 0.204 e. The highest BCUT2D eigenvalue weighted by Gasteiger charge is 2.47. The van der Waals surface area contributed by atoms with E-state index in [9.17, 15) is 0 Å². The van der Waals surface area contributed by atoms with Gasteiger partial charge in [-0.05, 0) is 59.7 Å². The number of nitrogens with zero attached hydrogens (tertiary/aromatic N) is 4. The smallest absolute Gasteiger partial charge is 0.204 e. The molecule has 0 bridgehead atoms. The minimum absolute atomic E-state index is 0.866. The summed E-state index contributed by atoms with van der Waals surface area (Å²) in [5, 5.41) is 5.01. The average Bonchev–Trinajstić information content (AvgIpc) is 3.99. The van der Waals surface area contributed by atoms with Crippen molar-refractivity contribution in [3.8, 4) is 22.5 Å². The highest BCUT2D eigenvalue weighted by atomic mass is 15.2. The molecule has 2 aliphatic rings. The van der Waals surface area contributed by atoms with Gasteiger partial charge in [0, 0.05) is 55.2 Å². The summed E-state index contributed by atoms with van der Waals surface area (Å²) in [4.78, 5) is 11.4. The van der Waals surface area contributed by atoms with E-state index in [0.29, 0.717) is 0 Å². The maximum absolute atomic E-state index is 5.68. The van der Waals surface area contributed by atoms with Gasteiger partial charge in [0.05, 0.1) is 33.5 Å². The largest absolute Gasteiger partial charge is 0.309 e. The zero-order valence-corrected chi connectivity index (χ0v) is 29.8. The second-order valence-electron chi connectivity index (χ2n) is 14.5. The number of fused-ring (bicyclic) bond motifs is 11. The molecule has 1 aliphatic heterocycles. The molecule has 256 valence electrons. The average molecular weight is 701 g/mol. The summed E-state index contributed by atoms with van der Waals surface area (Å²) < 4.78 is 4.72. The van der Waals surface area contributed by atoms with Crippen LogP contribution < -0.4 is 0 Å². The lowest BCUT2D eigenvalue weighted by atomic mass is 9.99. The normalized spacial score (nSPS) is 14.2. The van der Waals surface area contributed by atoms with Gasteiger partial charge in [0.2, 0.25) is 5.66 Å². The lowest BCUT2D eigenvalue weighted by Crippen LogP contribution is -2.17. The van der Waals surface area contributed by atoms with Crippen LogP contribution >= 0.6 is 0 Å². The van der Waals surface area contributed by atoms with Crippen LogP contribution in [-0.4, -0.2) is 20.6 Å². The summed E-state index contributed by atoms with van der Waals surface area (Å²) in [6.45, 7) is 0. The predicted octanol–water partition coefficient (Wildman–Crippen LogP) is 12.1. The van der Waals surface area contributed by atoms with Gasteiger partial charge in [-0.1, -0.05) is 146 Å². The molecule has 0 saturated heterocycles. The van der Waals surface area contributed by atoms with E-state index in [1.165, 1.54) is 54.7 Å². The summed E-state index contributed by atoms with van der Waals surface area (Å²) in [6, 6.07) is 69.6. The molecule has 2 aromatic heterocycles. The van der Waals surface area contributed by atoms with Gasteiger partial charge in [0.25, 0.3) is 0 Å². The molecule has 0 N–H and O–H groups in total. The van der Waals surface area contributed by atoms with E-state index in [-0.39, 0.29) is 0 Å². The summed E-state index contributed by atoms with van der Waals surface area (Å²) in [7, 11) is 0. The molecule has 3 heterocycles. The number of aliphatic imine (C=N–C) groups is 2. The zero-order chi connectivity index (χ0) is 36.1. The number of hydrogen-bond acceptors (Lipinski definition) is 2. The van der Waals surface area contributed by atoms with E-state index in [4.69, 9.17) is 9.98 Å². The zero-order valence-electron chi connectivity index (χ0n) is 29.8. The first-order valence-electron chi connectivity index (χ1n) is 18.8. The summed E-state index contributed by atoms with van der Waals surface area (Å²) in [6.07, 6.45) is 0. The van der Waals surface area contributed by atoms with E-state index in [2.05, 4.69) is 203 Å². The fourth-order valence-electron chi connectivity index (χ4n) is 9.23. The third-order valence-corrected chi connectivity index (χ3v) is 11.6. The second-order valence-corrected chi connectivity index (χ2v) is 14.5. The third-order valence-electron chi connectivity index (χ3n) is 11.6. The van der Waals surface area contributed by atoms with Crippen molar-refractivity contribution >= 4 is 55.0 Å². The number of hydrogen-bond donors (Lipinski definition) is 0. The van der Waals surface area contributed by atoms with Crippen LogP contribution in [-0.2, 0) is 5.66 Å². The Kier molecular flexibility index (Phi) is 6.23. The van der Waals surface area contributed by atoms with Crippen LogP contribution in [0.15, 0.2) is 204 Å². The van der Waals surface area contributed by atoms with Crippen LogP contribution in [0.4, 0.5) is 0 Å². The van der Waals surface area contributed by atoms with Gasteiger partial charge in [0.1, 0.15) is 0 Å². The number of para-hydroxylation sites is 4. The van der Waals surface area contributed by atoms with Crippen molar-refractivity contribution in [3.05, 3.63) is 216 Å². The van der Waals surface area contributed by atoms with E-state index >= 15 is 0 Å². The van der Waals surface area contributed by atoms with Crippen LogP contribution in [0.2, 0.25) is 0 Å². The Bertz CT molecular complexity index is 2920. The van der Waals surface area contributed by atoms with Gasteiger partial charge in [-0.2, -0.15) is 0 Å². The van der Waals surface area contributed by atoms with Crippen molar-refractivity contribution in [2.75, 3.05) is 0 Å². The van der Waals surface area contributed by atoms with E-state index in [0.717, 1.165) is 45.1 Å². The highest BCUT2D eigenvalue weighted by Crippen LogP contribution is 2.53. The second kappa shape index (κ2) is 11.3. The van der Waals surface area contributed by atoms with Crippen molar-refractivity contribution in [1.29, 1.82) is 0 Å². The minimum Gasteiger partial charge on any atom is -0.309 e. The van der Waals surface area contributed by atoms with Gasteiger partial charge in [-0.25, -0.2) is 9.98 Å². The van der Waals surface area contributed by atoms with Crippen molar-refractivity contribution < 1.29 is 0 Å². The van der Waals surface area contributed by atoms with Crippen molar-refractivity contribution in [3.63, 3.8) is 0 Å². The van der Waals surface area contributed by atoms with Crippen LogP contribution in [0.5, 0.6) is 0 Å². The van der Waals surface area contributed by atoms with Crippen LogP contribution in [0, 0.1) is 0 Å². The van der Waals surface area contributed by atoms with E-state index in [1.54, 1.807) is 0 Å². The SMILES string of the molecule is c1ccc2c(c1)-c1ccccc1C21N=C(c2ccc(-n3c4ccccc4c4ccccc43)cc2)C(c2ccc(-n3c4ccccc4c4ccccc43)cc2)=N1. The van der Waals surface area contributed by atoms with Gasteiger partial charge in [-0.3, -0.25) is 0 Å². The molecule has 0 saturated carbocycles. The predicted molar refractivity (Wildman–Crippen MR) is 227 cm³/mol. The van der Waals surface area contributed by atoms with Crippen LogP contribution in [0.3, 0.4) is 0 Å². The molecule has 10 aromatic rings. The minimum atomic E-state index is -0.866. The maximum atomic E-state index is 5.68. The first kappa shape index (κ1) is 30.2. The van der Waals surface area contributed by atoms with Gasteiger partial charge >= 0.3 is 0 Å². The van der Waals surface area contributed by atoms with Crippen molar-refractivity contribution in [2.45, 2.75) is 5.66 Å². The molecular formula is C51H32N4. The van der Waals surface area contributed by atoms with Gasteiger partial charge in [-0.15, -0.1) is 0 Å². The van der Waals surface area contributed by atoms with E-state index < -0.39 is 5.66 Å². The van der Waals surface area contributed by atoms with Gasteiger partial charge in [0.15, 0.2) is 0 Å². The summed E-state index contributed by atoms with van der Waals surface area (Å²) in [5.74, 6) is 0. The van der Waals surface area contributed by atoms with Crippen LogP contribution in [0.25, 0.3) is 66.1 Å². The summed E-state index contributed by atoms with van der Waals surface area (Å²) >= 11 is 0. The molecular weight excluding hydrogens is 669 g/mol. The fourth-order valence-corrected chi connectivity index (χ4v) is 9.23. The van der Waals surface area contributed by atoms with E-state index in [1.807, 2.05) is 0 Å². The third kappa shape index (κ3) is 4.22. The van der Waals surface area contributed by atoms with Crippen molar-refractivity contribution in [1.82, 2.24) is 9.13 Å². The molecule has 0 fully saturated rings. The first-order chi connectivity index (χ1) is 27.3. The number of aromatic nitrogens is 2. The van der Waals surface area contributed by atoms with Gasteiger partial charge < -0.3 is 9.13 Å². The Hall–Kier alpha value is -7.30. The number of rotatable bonds is 4. The molecule has 1 aliphatic carbocycles. The van der Waals surface area contributed by atoms with Crippen LogP contribution in [0.1, 0.15) is 22.3 Å². The van der Waals surface area contributed by atoms with Crippen molar-refractivity contribution in [2.24, 2.45) is 9.98 Å². The molecule has 4 nitrogen and oxygen atoms in total. The Morgan fingerprint density at radius 3 is 0.982 bits per heavy atom. The Morgan fingerprint density at radius 2 is 0.618 bits per heavy atom. The monoisotopic (exact) mass is 700 g/mol. The fraction of sp³-hybridized carbons (Fsp3) is 0.0196. The molecule has 4 heteroatoms. The quantitative estimate of drug-likeness (QED) is 0.175. The molecule has 1 spiro atoms. The molecule has 0 atom stereocenters. The first-order valence-corrected chi connectivity index (χ1v) is 18.8. The molecule has 0 amide bonds. The molecule has 0 radical (unpaired) electrons. The molecule has 55 heavy (non-hydrogen) atoms.